The lowest BCUT2D eigenvalue weighted by atomic mass is 10.0. The first-order valence-electron chi connectivity index (χ1n) is 23.1. The summed E-state index contributed by atoms with van der Waals surface area (Å²) in [7, 11) is 1.88. The number of benzene rings is 3. The molecule has 6 aromatic rings. The van der Waals surface area contributed by atoms with Gasteiger partial charge in [0.05, 0.1) is 24.9 Å². The van der Waals surface area contributed by atoms with Crippen molar-refractivity contribution in [1.29, 1.82) is 0 Å². The number of aromatic nitrogens is 8. The minimum atomic E-state index is -0.718. The van der Waals surface area contributed by atoms with Crippen LogP contribution in [0.15, 0.2) is 91.5 Å². The van der Waals surface area contributed by atoms with E-state index >= 15 is 0 Å². The number of hydrogen-bond acceptors (Lipinski definition) is 13. The van der Waals surface area contributed by atoms with Crippen molar-refractivity contribution in [3.63, 3.8) is 0 Å². The van der Waals surface area contributed by atoms with E-state index in [9.17, 15) is 24.0 Å². The second kappa shape index (κ2) is 22.1. The molecular weight excluding hydrogens is 867 g/mol. The number of rotatable bonds is 22. The van der Waals surface area contributed by atoms with E-state index in [2.05, 4.69) is 51.7 Å². The van der Waals surface area contributed by atoms with E-state index in [1.54, 1.807) is 36.5 Å². The predicted molar refractivity (Wildman–Crippen MR) is 251 cm³/mol. The van der Waals surface area contributed by atoms with E-state index in [0.717, 1.165) is 67.2 Å². The van der Waals surface area contributed by atoms with Crippen molar-refractivity contribution in [2.24, 2.45) is 7.05 Å². The number of amides is 5. The fraction of sp³-hybridized carbons (Fsp3) is 0.367. The molecule has 5 amide bonds. The standard InChI is InChI=1S/C49H55N13O6/c1-32(53-47(65)34-13-8-14-35(26-34)51-28-43-57-58-46(60(43)2)41-22-23-50-31-52-41)33-12-9-16-37(27-33)68-25-7-5-3-4-6-24-61-29-36(56-59-61)15-10-19-44(63)54-40-18-11-17-38-39(40)30-62(49(38)67)42-20-21-45(64)55-48(42)66/h8-9,11-14,16-18,22-23,26-27,29,31-32,42,51H,3-7,10,15,19-21,24-25,28,30H2,1-2H3,(H,53,65)(H,54,63)(H,55,64,66)/t32-,42?/m1/s1. The number of hydrogen-bond donors (Lipinski definition) is 4. The van der Waals surface area contributed by atoms with Crippen molar-refractivity contribution in [3.05, 3.63) is 125 Å². The highest BCUT2D eigenvalue weighted by atomic mass is 16.5. The van der Waals surface area contributed by atoms with Gasteiger partial charge >= 0.3 is 0 Å². The highest BCUT2D eigenvalue weighted by Gasteiger charge is 2.40. The summed E-state index contributed by atoms with van der Waals surface area (Å²) in [6, 6.07) is 21.2. The maximum Gasteiger partial charge on any atom is 0.255 e. The van der Waals surface area contributed by atoms with Gasteiger partial charge in [0, 0.05) is 73.4 Å². The Balaban J connectivity index is 0.685. The maximum atomic E-state index is 13.3. The molecule has 68 heavy (non-hydrogen) atoms. The summed E-state index contributed by atoms with van der Waals surface area (Å²) in [6.07, 6.45) is 12.0. The zero-order valence-electron chi connectivity index (χ0n) is 38.2. The molecule has 0 radical (unpaired) electrons. The maximum absolute atomic E-state index is 13.3. The molecule has 5 heterocycles. The van der Waals surface area contributed by atoms with Gasteiger partial charge in [0.2, 0.25) is 17.7 Å². The van der Waals surface area contributed by atoms with Crippen molar-refractivity contribution in [2.45, 2.75) is 103 Å². The summed E-state index contributed by atoms with van der Waals surface area (Å²) in [5.74, 6) is 0.675. The zero-order chi connectivity index (χ0) is 47.4. The summed E-state index contributed by atoms with van der Waals surface area (Å²) < 4.78 is 9.81. The molecule has 4 N–H and O–H groups in total. The smallest absolute Gasteiger partial charge is 0.255 e. The fourth-order valence-electron chi connectivity index (χ4n) is 8.35. The molecule has 19 nitrogen and oxygen atoms in total. The topological polar surface area (TPSA) is 233 Å². The van der Waals surface area contributed by atoms with Gasteiger partial charge in [-0.3, -0.25) is 34.0 Å². The number of nitrogens with one attached hydrogen (secondary N) is 4. The molecule has 8 rings (SSSR count). The fourth-order valence-corrected chi connectivity index (χ4v) is 8.35. The van der Waals surface area contributed by atoms with Gasteiger partial charge in [-0.1, -0.05) is 48.7 Å². The lowest BCUT2D eigenvalue weighted by Crippen LogP contribution is -2.52. The number of ether oxygens (including phenoxy) is 1. The largest absolute Gasteiger partial charge is 0.494 e. The minimum absolute atomic E-state index is 0.174. The second-order valence-corrected chi connectivity index (χ2v) is 17.0. The van der Waals surface area contributed by atoms with Crippen LogP contribution in [0.5, 0.6) is 5.75 Å². The third-order valence-electron chi connectivity index (χ3n) is 12.1. The Morgan fingerprint density at radius 2 is 1.76 bits per heavy atom. The number of carbonyl (C=O) groups is 5. The van der Waals surface area contributed by atoms with E-state index in [0.29, 0.717) is 59.9 Å². The molecular formula is C49H55N13O6. The van der Waals surface area contributed by atoms with Crippen molar-refractivity contribution in [2.75, 3.05) is 17.2 Å². The lowest BCUT2D eigenvalue weighted by Gasteiger charge is -2.29. The Bertz CT molecular complexity index is 2760. The molecule has 1 unspecified atom stereocenters. The van der Waals surface area contributed by atoms with Crippen LogP contribution in [0, 0.1) is 0 Å². The van der Waals surface area contributed by atoms with Crippen molar-refractivity contribution in [1.82, 2.24) is 55.3 Å². The van der Waals surface area contributed by atoms with Crippen LogP contribution in [0.3, 0.4) is 0 Å². The average molecular weight is 922 g/mol. The van der Waals surface area contributed by atoms with Gasteiger partial charge in [-0.15, -0.1) is 15.3 Å². The Hall–Kier alpha value is -7.83. The number of anilines is 2. The number of carbonyl (C=O) groups excluding carboxylic acids is 5. The van der Waals surface area contributed by atoms with Crippen LogP contribution < -0.4 is 26.0 Å². The number of nitrogens with zero attached hydrogens (tertiary/aromatic N) is 9. The van der Waals surface area contributed by atoms with Crippen molar-refractivity contribution >= 4 is 40.9 Å². The first kappa shape index (κ1) is 46.7. The van der Waals surface area contributed by atoms with Gasteiger partial charge in [0.15, 0.2) is 11.6 Å². The van der Waals surface area contributed by atoms with E-state index in [1.165, 1.54) is 11.2 Å². The number of piperidine rings is 1. The lowest BCUT2D eigenvalue weighted by molar-refractivity contribution is -0.137. The first-order chi connectivity index (χ1) is 33.1. The second-order valence-electron chi connectivity index (χ2n) is 17.0. The van der Waals surface area contributed by atoms with Gasteiger partial charge in [-0.05, 0) is 93.1 Å². The molecule has 0 saturated carbocycles. The summed E-state index contributed by atoms with van der Waals surface area (Å²) in [6.45, 7) is 3.91. The monoisotopic (exact) mass is 921 g/mol. The molecule has 2 atom stereocenters. The Kier molecular flexibility index (Phi) is 15.2. The van der Waals surface area contributed by atoms with Crippen molar-refractivity contribution in [3.8, 4) is 17.3 Å². The predicted octanol–water partition coefficient (Wildman–Crippen LogP) is 5.72. The van der Waals surface area contributed by atoms with Crippen molar-refractivity contribution < 1.29 is 28.7 Å². The Morgan fingerprint density at radius 1 is 0.926 bits per heavy atom. The van der Waals surface area contributed by atoms with E-state index < -0.39 is 11.9 Å². The molecule has 0 spiro atoms. The van der Waals surface area contributed by atoms with Crippen LogP contribution in [0.25, 0.3) is 11.5 Å². The quantitative estimate of drug-likeness (QED) is 0.0472. The van der Waals surface area contributed by atoms with E-state index in [-0.39, 0.29) is 55.5 Å². The molecule has 0 bridgehead atoms. The normalized spacial score (nSPS) is 14.9. The zero-order valence-corrected chi connectivity index (χ0v) is 38.2. The summed E-state index contributed by atoms with van der Waals surface area (Å²) in [4.78, 5) is 73.1. The molecule has 1 saturated heterocycles. The van der Waals surface area contributed by atoms with Gasteiger partial charge in [0.1, 0.15) is 23.8 Å². The number of aryl methyl sites for hydroxylation is 2. The minimum Gasteiger partial charge on any atom is -0.494 e. The molecule has 3 aromatic carbocycles. The molecule has 2 aliphatic heterocycles. The molecule has 0 aliphatic carbocycles. The van der Waals surface area contributed by atoms with Gasteiger partial charge in [-0.2, -0.15) is 0 Å². The van der Waals surface area contributed by atoms with Crippen LogP contribution in [0.2, 0.25) is 0 Å². The summed E-state index contributed by atoms with van der Waals surface area (Å²) in [5.41, 5.74) is 5.45. The van der Waals surface area contributed by atoms with Crippen LogP contribution in [-0.4, -0.2) is 86.8 Å². The third-order valence-corrected chi connectivity index (χ3v) is 12.1. The Morgan fingerprint density at radius 3 is 2.62 bits per heavy atom. The molecule has 1 fully saturated rings. The average Bonchev–Trinajstić information content (AvgIpc) is 4.06. The SMILES string of the molecule is C[C@@H](NC(=O)c1cccc(NCc2nnc(-c3ccncn3)n2C)c1)c1cccc(OCCCCCCCn2cc(CCCC(=O)Nc3cccc4c3CN(C3CCC(=O)NC3=O)C4=O)nn2)c1. The highest BCUT2D eigenvalue weighted by Crippen LogP contribution is 2.32. The molecule has 2 aliphatic rings. The summed E-state index contributed by atoms with van der Waals surface area (Å²) >= 11 is 0. The van der Waals surface area contributed by atoms with Gasteiger partial charge in [-0.25, -0.2) is 9.97 Å². The summed E-state index contributed by atoms with van der Waals surface area (Å²) in [5, 5.41) is 28.8. The number of fused-ring (bicyclic) bond motifs is 1. The third kappa shape index (κ3) is 11.8. The van der Waals surface area contributed by atoms with Crippen LogP contribution >= 0.6 is 0 Å². The van der Waals surface area contributed by atoms with Crippen LogP contribution in [0.1, 0.15) is 114 Å². The van der Waals surface area contributed by atoms with Gasteiger partial charge in [0.25, 0.3) is 11.8 Å². The molecule has 19 heteroatoms. The number of unbranched alkanes of at least 4 members (excludes halogenated alkanes) is 4. The van der Waals surface area contributed by atoms with E-state index in [1.807, 2.05) is 71.9 Å². The number of imide groups is 1. The van der Waals surface area contributed by atoms with Gasteiger partial charge < -0.3 is 30.2 Å². The highest BCUT2D eigenvalue weighted by molar-refractivity contribution is 6.06. The van der Waals surface area contributed by atoms with Crippen LogP contribution in [0.4, 0.5) is 11.4 Å². The first-order valence-corrected chi connectivity index (χ1v) is 23.1. The van der Waals surface area contributed by atoms with E-state index in [4.69, 9.17) is 4.74 Å². The molecule has 3 aromatic heterocycles. The molecule has 352 valence electrons. The Labute approximate surface area is 393 Å². The van der Waals surface area contributed by atoms with Crippen LogP contribution in [-0.2, 0) is 47.5 Å².